The van der Waals surface area contributed by atoms with Gasteiger partial charge in [0.2, 0.25) is 5.91 Å². The average Bonchev–Trinajstić information content (AvgIpc) is 3.50. The molecule has 0 atom stereocenters. The van der Waals surface area contributed by atoms with Gasteiger partial charge in [0.05, 0.1) is 34.8 Å². The van der Waals surface area contributed by atoms with Crippen LogP contribution in [0.1, 0.15) is 19.3 Å². The number of anilines is 1. The Morgan fingerprint density at radius 2 is 1.77 bits per heavy atom. The zero-order chi connectivity index (χ0) is 26.5. The number of nitrogens with one attached hydrogen (secondary N) is 3. The number of fused-ring (bicyclic) bond motifs is 2. The number of H-pyrrole nitrogens is 2. The molecule has 4 aromatic heterocycles. The summed E-state index contributed by atoms with van der Waals surface area (Å²) in [5, 5.41) is 22.3. The first-order valence-electron chi connectivity index (χ1n) is 12.7. The molecule has 1 aliphatic rings. The largest absolute Gasteiger partial charge is 0.508 e. The molecule has 9 heteroatoms. The number of pyridine rings is 2. The summed E-state index contributed by atoms with van der Waals surface area (Å²) in [4.78, 5) is 24.5. The van der Waals surface area contributed by atoms with Gasteiger partial charge >= 0.3 is 0 Å². The summed E-state index contributed by atoms with van der Waals surface area (Å²) < 4.78 is 14.0. The number of phenols is 1. The van der Waals surface area contributed by atoms with E-state index in [0.29, 0.717) is 16.8 Å². The van der Waals surface area contributed by atoms with Crippen LogP contribution in [-0.4, -0.2) is 36.2 Å². The SMILES string of the molecule is O=C(Nc1cncc(-c2ccc3[nH]nc(-c4cc5c(-c6cc(O)cc(F)c6)cncc5[nH]4)c3c2)c1)C1CCC1. The van der Waals surface area contributed by atoms with Crippen molar-refractivity contribution < 1.29 is 14.3 Å². The van der Waals surface area contributed by atoms with Crippen LogP contribution in [-0.2, 0) is 4.79 Å². The number of amides is 1. The molecule has 4 N–H and O–H groups in total. The molecule has 1 fully saturated rings. The Morgan fingerprint density at radius 1 is 0.897 bits per heavy atom. The second-order valence-electron chi connectivity index (χ2n) is 9.94. The number of benzene rings is 2. The number of hydrogen-bond acceptors (Lipinski definition) is 5. The van der Waals surface area contributed by atoms with E-state index in [1.54, 1.807) is 24.8 Å². The lowest BCUT2D eigenvalue weighted by atomic mass is 9.85. The van der Waals surface area contributed by atoms with Crippen LogP contribution in [0.15, 0.2) is 73.3 Å². The molecule has 8 nitrogen and oxygen atoms in total. The topological polar surface area (TPSA) is 120 Å². The van der Waals surface area contributed by atoms with Crippen molar-refractivity contribution in [3.05, 3.63) is 79.1 Å². The quantitative estimate of drug-likeness (QED) is 0.210. The first-order chi connectivity index (χ1) is 19.0. The van der Waals surface area contributed by atoms with E-state index in [9.17, 15) is 14.3 Å². The van der Waals surface area contributed by atoms with Gasteiger partial charge in [-0.05, 0) is 60.4 Å². The maximum absolute atomic E-state index is 14.0. The Labute approximate surface area is 222 Å². The van der Waals surface area contributed by atoms with E-state index < -0.39 is 5.82 Å². The summed E-state index contributed by atoms with van der Waals surface area (Å²) in [6.07, 6.45) is 9.77. The van der Waals surface area contributed by atoms with E-state index in [-0.39, 0.29) is 17.6 Å². The normalized spacial score (nSPS) is 13.6. The highest BCUT2D eigenvalue weighted by Gasteiger charge is 2.25. The molecule has 6 aromatic rings. The Bertz CT molecular complexity index is 1870. The third-order valence-electron chi connectivity index (χ3n) is 7.37. The van der Waals surface area contributed by atoms with Crippen molar-refractivity contribution in [2.75, 3.05) is 5.32 Å². The number of halogens is 1. The summed E-state index contributed by atoms with van der Waals surface area (Å²) in [5.41, 5.74) is 6.83. The van der Waals surface area contributed by atoms with E-state index >= 15 is 0 Å². The molecule has 0 saturated heterocycles. The van der Waals surface area contributed by atoms with Crippen LogP contribution in [0.2, 0.25) is 0 Å². The molecule has 1 aliphatic carbocycles. The molecule has 4 heterocycles. The molecule has 0 radical (unpaired) electrons. The predicted molar refractivity (Wildman–Crippen MR) is 147 cm³/mol. The van der Waals surface area contributed by atoms with Crippen molar-refractivity contribution in [1.29, 1.82) is 0 Å². The molecular weight excluding hydrogens is 495 g/mol. The number of phenolic OH excluding ortho intramolecular Hbond substituents is 1. The van der Waals surface area contributed by atoms with Gasteiger partial charge in [-0.15, -0.1) is 0 Å². The lowest BCUT2D eigenvalue weighted by Crippen LogP contribution is -2.28. The van der Waals surface area contributed by atoms with Crippen molar-refractivity contribution in [2.45, 2.75) is 19.3 Å². The van der Waals surface area contributed by atoms with Gasteiger partial charge in [0.1, 0.15) is 17.3 Å². The molecule has 1 amide bonds. The number of nitrogens with zero attached hydrogens (tertiary/aromatic N) is 3. The Balaban J connectivity index is 1.27. The predicted octanol–water partition coefficient (Wildman–Crippen LogP) is 6.42. The summed E-state index contributed by atoms with van der Waals surface area (Å²) >= 11 is 0. The first kappa shape index (κ1) is 23.1. The van der Waals surface area contributed by atoms with Gasteiger partial charge in [-0.2, -0.15) is 5.10 Å². The zero-order valence-electron chi connectivity index (χ0n) is 20.7. The minimum atomic E-state index is -0.523. The molecule has 0 unspecified atom stereocenters. The Hall–Kier alpha value is -5.05. The molecule has 0 bridgehead atoms. The number of rotatable bonds is 5. The number of aromatic amines is 2. The first-order valence-corrected chi connectivity index (χ1v) is 12.7. The van der Waals surface area contributed by atoms with Crippen molar-refractivity contribution >= 4 is 33.4 Å². The fourth-order valence-electron chi connectivity index (χ4n) is 5.12. The van der Waals surface area contributed by atoms with Crippen LogP contribution in [0, 0.1) is 11.7 Å². The monoisotopic (exact) mass is 518 g/mol. The smallest absolute Gasteiger partial charge is 0.227 e. The molecule has 0 aliphatic heterocycles. The summed E-state index contributed by atoms with van der Waals surface area (Å²) in [6, 6.07) is 13.8. The van der Waals surface area contributed by atoms with Crippen molar-refractivity contribution in [3.8, 4) is 39.4 Å². The maximum Gasteiger partial charge on any atom is 0.227 e. The molecule has 0 spiro atoms. The van der Waals surface area contributed by atoms with Crippen molar-refractivity contribution in [2.24, 2.45) is 5.92 Å². The van der Waals surface area contributed by atoms with Crippen LogP contribution in [0.25, 0.3) is 55.4 Å². The van der Waals surface area contributed by atoms with Gasteiger partial charge in [-0.25, -0.2) is 4.39 Å². The molecule has 1 saturated carbocycles. The van der Waals surface area contributed by atoms with Crippen molar-refractivity contribution in [1.82, 2.24) is 25.1 Å². The average molecular weight is 519 g/mol. The minimum absolute atomic E-state index is 0.0499. The minimum Gasteiger partial charge on any atom is -0.508 e. The van der Waals surface area contributed by atoms with Crippen molar-refractivity contribution in [3.63, 3.8) is 0 Å². The highest BCUT2D eigenvalue weighted by atomic mass is 19.1. The molecular formula is C30H23FN6O2. The number of aromatic nitrogens is 5. The molecule has 7 rings (SSSR count). The van der Waals surface area contributed by atoms with Gasteiger partial charge in [0.25, 0.3) is 0 Å². The lowest BCUT2D eigenvalue weighted by molar-refractivity contribution is -0.122. The van der Waals surface area contributed by atoms with E-state index in [1.165, 1.54) is 12.1 Å². The number of carbonyl (C=O) groups excluding carboxylic acids is 1. The highest BCUT2D eigenvalue weighted by molar-refractivity contribution is 6.01. The van der Waals surface area contributed by atoms with Gasteiger partial charge in [0, 0.05) is 46.3 Å². The van der Waals surface area contributed by atoms with E-state index in [1.807, 2.05) is 30.3 Å². The number of aromatic hydroxyl groups is 1. The number of carbonyl (C=O) groups is 1. The lowest BCUT2D eigenvalue weighted by Gasteiger charge is -2.24. The van der Waals surface area contributed by atoms with Crippen LogP contribution < -0.4 is 5.32 Å². The van der Waals surface area contributed by atoms with Gasteiger partial charge in [0.15, 0.2) is 0 Å². The fraction of sp³-hybridized carbons (Fsp3) is 0.133. The van der Waals surface area contributed by atoms with Gasteiger partial charge in [-0.3, -0.25) is 19.9 Å². The second-order valence-corrected chi connectivity index (χ2v) is 9.94. The van der Waals surface area contributed by atoms with E-state index in [2.05, 4.69) is 30.5 Å². The van der Waals surface area contributed by atoms with Crippen LogP contribution in [0.5, 0.6) is 5.75 Å². The summed E-state index contributed by atoms with van der Waals surface area (Å²) in [7, 11) is 0. The van der Waals surface area contributed by atoms with Gasteiger partial charge < -0.3 is 15.4 Å². The van der Waals surface area contributed by atoms with Crippen LogP contribution in [0.4, 0.5) is 10.1 Å². The maximum atomic E-state index is 14.0. The van der Waals surface area contributed by atoms with Crippen LogP contribution in [0.3, 0.4) is 0 Å². The standard InChI is InChI=1S/C30H23FN6O2/c31-20-6-18(8-22(38)10-20)25-14-33-15-28-23(25)11-27(35-28)29-24-9-17(4-5-26(24)36-37-29)19-7-21(13-32-12-19)34-30(39)16-2-1-3-16/h4-16,35,38H,1-3H2,(H,34,39)(H,36,37). The summed E-state index contributed by atoms with van der Waals surface area (Å²) in [6.45, 7) is 0. The second kappa shape index (κ2) is 9.05. The van der Waals surface area contributed by atoms with E-state index in [4.69, 9.17) is 0 Å². The Morgan fingerprint density at radius 3 is 2.59 bits per heavy atom. The molecule has 39 heavy (non-hydrogen) atoms. The van der Waals surface area contributed by atoms with Crippen LogP contribution >= 0.6 is 0 Å². The molecule has 192 valence electrons. The fourth-order valence-corrected chi connectivity index (χ4v) is 5.12. The zero-order valence-corrected chi connectivity index (χ0v) is 20.7. The number of hydrogen-bond donors (Lipinski definition) is 4. The third-order valence-corrected chi connectivity index (χ3v) is 7.37. The molecule has 2 aromatic carbocycles. The highest BCUT2D eigenvalue weighted by Crippen LogP contribution is 2.36. The van der Waals surface area contributed by atoms with E-state index in [0.717, 1.165) is 69.6 Å². The van der Waals surface area contributed by atoms with Gasteiger partial charge in [-0.1, -0.05) is 12.5 Å². The third kappa shape index (κ3) is 4.17. The summed E-state index contributed by atoms with van der Waals surface area (Å²) in [5.74, 6) is -0.527. The Kier molecular flexibility index (Phi) is 5.36.